The molecule has 0 spiro atoms. The highest BCUT2D eigenvalue weighted by molar-refractivity contribution is 6.33. The number of benzene rings is 1. The van der Waals surface area contributed by atoms with Crippen molar-refractivity contribution in [2.75, 3.05) is 19.7 Å². The first kappa shape index (κ1) is 14.1. The summed E-state index contributed by atoms with van der Waals surface area (Å²) in [5, 5.41) is 4.84. The summed E-state index contributed by atoms with van der Waals surface area (Å²) >= 11 is 12.0. The molecule has 1 fully saturated rings. The number of rotatable bonds is 5. The Bertz CT molecular complexity index is 378. The summed E-state index contributed by atoms with van der Waals surface area (Å²) in [5.74, 6) is 0.758. The first-order valence-electron chi connectivity index (χ1n) is 6.48. The molecule has 4 heteroatoms. The number of piperidine rings is 1. The van der Waals surface area contributed by atoms with Gasteiger partial charge < -0.3 is 10.1 Å². The first-order valence-corrected chi connectivity index (χ1v) is 7.23. The van der Waals surface area contributed by atoms with Crippen LogP contribution in [0.5, 0.6) is 0 Å². The van der Waals surface area contributed by atoms with E-state index < -0.39 is 0 Å². The summed E-state index contributed by atoms with van der Waals surface area (Å²) in [6, 6.07) is 5.47. The van der Waals surface area contributed by atoms with Crippen LogP contribution in [-0.2, 0) is 11.3 Å². The van der Waals surface area contributed by atoms with E-state index in [0.717, 1.165) is 42.6 Å². The van der Waals surface area contributed by atoms with Crippen LogP contribution in [-0.4, -0.2) is 19.7 Å². The van der Waals surface area contributed by atoms with Crippen molar-refractivity contribution in [3.63, 3.8) is 0 Å². The van der Waals surface area contributed by atoms with Gasteiger partial charge in [-0.2, -0.15) is 0 Å². The average molecular weight is 288 g/mol. The summed E-state index contributed by atoms with van der Waals surface area (Å²) in [6.45, 7) is 3.62. The Labute approximate surface area is 119 Å². The van der Waals surface area contributed by atoms with Crippen LogP contribution in [0.1, 0.15) is 24.8 Å². The lowest BCUT2D eigenvalue weighted by atomic mass is 9.97. The normalized spacial score (nSPS) is 20.0. The summed E-state index contributed by atoms with van der Waals surface area (Å²) in [4.78, 5) is 0. The van der Waals surface area contributed by atoms with Crippen LogP contribution in [0.4, 0.5) is 0 Å². The molecule has 18 heavy (non-hydrogen) atoms. The van der Waals surface area contributed by atoms with Gasteiger partial charge in [-0.15, -0.1) is 0 Å². The van der Waals surface area contributed by atoms with Gasteiger partial charge in [-0.1, -0.05) is 23.2 Å². The van der Waals surface area contributed by atoms with Crippen molar-refractivity contribution < 1.29 is 4.74 Å². The Morgan fingerprint density at radius 1 is 1.33 bits per heavy atom. The van der Waals surface area contributed by atoms with Crippen LogP contribution >= 0.6 is 23.2 Å². The van der Waals surface area contributed by atoms with Crippen molar-refractivity contribution in [3.8, 4) is 0 Å². The van der Waals surface area contributed by atoms with Crippen LogP contribution in [0.15, 0.2) is 18.2 Å². The van der Waals surface area contributed by atoms with Gasteiger partial charge in [-0.25, -0.2) is 0 Å². The zero-order valence-corrected chi connectivity index (χ0v) is 11.9. The van der Waals surface area contributed by atoms with Crippen LogP contribution < -0.4 is 5.32 Å². The fourth-order valence-electron chi connectivity index (χ4n) is 2.26. The molecule has 0 saturated carbocycles. The fourth-order valence-corrected chi connectivity index (χ4v) is 2.62. The smallest absolute Gasteiger partial charge is 0.0731 e. The number of halogens is 2. The SMILES string of the molecule is Clc1ccc(Cl)c(COCCC2CCCNC2)c1. The second-order valence-electron chi connectivity index (χ2n) is 4.79. The average Bonchev–Trinajstić information content (AvgIpc) is 2.40. The lowest BCUT2D eigenvalue weighted by Crippen LogP contribution is -2.30. The highest BCUT2D eigenvalue weighted by atomic mass is 35.5. The van der Waals surface area contributed by atoms with Gasteiger partial charge in [-0.3, -0.25) is 0 Å². The quantitative estimate of drug-likeness (QED) is 0.830. The van der Waals surface area contributed by atoms with Gasteiger partial charge in [0.15, 0.2) is 0 Å². The molecule has 0 aliphatic carbocycles. The maximum Gasteiger partial charge on any atom is 0.0731 e. The molecule has 1 saturated heterocycles. The van der Waals surface area contributed by atoms with Crippen LogP contribution in [0.3, 0.4) is 0 Å². The molecule has 1 aliphatic heterocycles. The largest absolute Gasteiger partial charge is 0.377 e. The van der Waals surface area contributed by atoms with E-state index in [1.807, 2.05) is 12.1 Å². The second-order valence-corrected chi connectivity index (χ2v) is 5.63. The number of hydrogen-bond acceptors (Lipinski definition) is 2. The van der Waals surface area contributed by atoms with E-state index in [1.54, 1.807) is 6.07 Å². The van der Waals surface area contributed by atoms with Gasteiger partial charge in [-0.05, 0) is 62.0 Å². The lowest BCUT2D eigenvalue weighted by Gasteiger charge is -2.22. The molecule has 1 atom stereocenters. The zero-order valence-electron chi connectivity index (χ0n) is 10.4. The van der Waals surface area contributed by atoms with Crippen molar-refractivity contribution in [1.29, 1.82) is 0 Å². The molecule has 1 N–H and O–H groups in total. The van der Waals surface area contributed by atoms with E-state index in [1.165, 1.54) is 12.8 Å². The number of ether oxygens (including phenoxy) is 1. The van der Waals surface area contributed by atoms with Crippen LogP contribution in [0.2, 0.25) is 10.0 Å². The van der Waals surface area contributed by atoms with E-state index in [2.05, 4.69) is 5.32 Å². The van der Waals surface area contributed by atoms with Crippen molar-refractivity contribution in [2.24, 2.45) is 5.92 Å². The molecule has 1 unspecified atom stereocenters. The predicted molar refractivity (Wildman–Crippen MR) is 76.3 cm³/mol. The van der Waals surface area contributed by atoms with E-state index in [4.69, 9.17) is 27.9 Å². The zero-order chi connectivity index (χ0) is 12.8. The van der Waals surface area contributed by atoms with Gasteiger partial charge in [0.05, 0.1) is 6.61 Å². The minimum Gasteiger partial charge on any atom is -0.377 e. The van der Waals surface area contributed by atoms with E-state index in [9.17, 15) is 0 Å². The fraction of sp³-hybridized carbons (Fsp3) is 0.571. The Balaban J connectivity index is 1.69. The first-order chi connectivity index (χ1) is 8.75. The third-order valence-electron chi connectivity index (χ3n) is 3.33. The highest BCUT2D eigenvalue weighted by Crippen LogP contribution is 2.21. The Hall–Kier alpha value is -0.280. The van der Waals surface area contributed by atoms with Crippen LogP contribution in [0, 0.1) is 5.92 Å². The molecule has 2 nitrogen and oxygen atoms in total. The Morgan fingerprint density at radius 2 is 2.22 bits per heavy atom. The van der Waals surface area contributed by atoms with Gasteiger partial charge >= 0.3 is 0 Å². The molecule has 2 rings (SSSR count). The van der Waals surface area contributed by atoms with Crippen LogP contribution in [0.25, 0.3) is 0 Å². The summed E-state index contributed by atoms with van der Waals surface area (Å²) in [6.07, 6.45) is 3.71. The van der Waals surface area contributed by atoms with E-state index in [-0.39, 0.29) is 0 Å². The molecule has 0 radical (unpaired) electrons. The molecular formula is C14H19Cl2NO. The maximum atomic E-state index is 6.08. The molecule has 0 amide bonds. The van der Waals surface area contributed by atoms with E-state index >= 15 is 0 Å². The summed E-state index contributed by atoms with van der Waals surface area (Å²) < 4.78 is 5.69. The highest BCUT2D eigenvalue weighted by Gasteiger charge is 2.12. The molecule has 1 aliphatic rings. The Morgan fingerprint density at radius 3 is 3.00 bits per heavy atom. The third kappa shape index (κ3) is 4.43. The van der Waals surface area contributed by atoms with E-state index in [0.29, 0.717) is 11.6 Å². The second kappa shape index (κ2) is 7.34. The van der Waals surface area contributed by atoms with Crippen molar-refractivity contribution in [2.45, 2.75) is 25.9 Å². The molecule has 1 aromatic carbocycles. The van der Waals surface area contributed by atoms with Crippen molar-refractivity contribution in [1.82, 2.24) is 5.32 Å². The van der Waals surface area contributed by atoms with Gasteiger partial charge in [0.25, 0.3) is 0 Å². The molecule has 0 bridgehead atoms. The van der Waals surface area contributed by atoms with Gasteiger partial charge in [0, 0.05) is 16.7 Å². The topological polar surface area (TPSA) is 21.3 Å². The predicted octanol–water partition coefficient (Wildman–Crippen LogP) is 3.90. The minimum atomic E-state index is 0.541. The van der Waals surface area contributed by atoms with Gasteiger partial charge in [0.2, 0.25) is 0 Å². The molecular weight excluding hydrogens is 269 g/mol. The number of hydrogen-bond donors (Lipinski definition) is 1. The van der Waals surface area contributed by atoms with Gasteiger partial charge in [0.1, 0.15) is 0 Å². The summed E-state index contributed by atoms with van der Waals surface area (Å²) in [5.41, 5.74) is 0.964. The molecule has 1 heterocycles. The number of nitrogens with one attached hydrogen (secondary N) is 1. The molecule has 1 aromatic rings. The summed E-state index contributed by atoms with van der Waals surface area (Å²) in [7, 11) is 0. The lowest BCUT2D eigenvalue weighted by molar-refractivity contribution is 0.103. The standard InChI is InChI=1S/C14H19Cl2NO/c15-13-3-4-14(16)12(8-13)10-18-7-5-11-2-1-6-17-9-11/h3-4,8,11,17H,1-2,5-7,9-10H2. The van der Waals surface area contributed by atoms with Crippen molar-refractivity contribution in [3.05, 3.63) is 33.8 Å². The third-order valence-corrected chi connectivity index (χ3v) is 3.94. The maximum absolute atomic E-state index is 6.08. The Kier molecular flexibility index (Phi) is 5.77. The molecule has 0 aromatic heterocycles. The minimum absolute atomic E-state index is 0.541. The monoisotopic (exact) mass is 287 g/mol. The molecule has 100 valence electrons. The van der Waals surface area contributed by atoms with Crippen molar-refractivity contribution >= 4 is 23.2 Å².